The number of aryl methyl sites for hydroxylation is 1. The number of benzene rings is 1. The number of halogens is 1. The maximum atomic E-state index is 5.99. The second kappa shape index (κ2) is 5.99. The van der Waals surface area contributed by atoms with Crippen molar-refractivity contribution in [2.24, 2.45) is 0 Å². The van der Waals surface area contributed by atoms with Gasteiger partial charge in [0.15, 0.2) is 0 Å². The highest BCUT2D eigenvalue weighted by molar-refractivity contribution is 7.14. The van der Waals surface area contributed by atoms with E-state index in [1.807, 2.05) is 24.3 Å². The third kappa shape index (κ3) is 3.75. The summed E-state index contributed by atoms with van der Waals surface area (Å²) in [6, 6.07) is 8.55. The molecule has 0 spiro atoms. The van der Waals surface area contributed by atoms with E-state index in [4.69, 9.17) is 11.6 Å². The first kappa shape index (κ1) is 13.0. The van der Waals surface area contributed by atoms with Crippen LogP contribution in [0.3, 0.4) is 0 Å². The Kier molecular flexibility index (Phi) is 4.11. The highest BCUT2D eigenvalue weighted by atomic mass is 35.5. The van der Waals surface area contributed by atoms with E-state index in [9.17, 15) is 0 Å². The van der Waals surface area contributed by atoms with E-state index in [0.717, 1.165) is 46.0 Å². The summed E-state index contributed by atoms with van der Waals surface area (Å²) in [7, 11) is 0. The van der Waals surface area contributed by atoms with Gasteiger partial charge in [-0.2, -0.15) is 0 Å². The molecule has 0 amide bonds. The molecule has 1 saturated carbocycles. The summed E-state index contributed by atoms with van der Waals surface area (Å²) < 4.78 is 0. The third-order valence-electron chi connectivity index (χ3n) is 3.12. The standard InChI is InChI=1S/C14H16ClN3S/c15-11-4-1-3-10(9-11)14-18-17-13(19-14)5-2-8-16-12-6-7-12/h1,3-4,9,12,16H,2,5-8H2. The summed E-state index contributed by atoms with van der Waals surface area (Å²) in [6.45, 7) is 1.08. The molecule has 0 saturated heterocycles. The maximum Gasteiger partial charge on any atom is 0.147 e. The third-order valence-corrected chi connectivity index (χ3v) is 4.38. The fourth-order valence-corrected chi connectivity index (χ4v) is 2.99. The Hall–Kier alpha value is -0.970. The lowest BCUT2D eigenvalue weighted by molar-refractivity contribution is 0.643. The Morgan fingerprint density at radius 1 is 1.32 bits per heavy atom. The summed E-state index contributed by atoms with van der Waals surface area (Å²) in [4.78, 5) is 0. The van der Waals surface area contributed by atoms with E-state index in [0.29, 0.717) is 0 Å². The zero-order valence-corrected chi connectivity index (χ0v) is 12.2. The van der Waals surface area contributed by atoms with Crippen LogP contribution >= 0.6 is 22.9 Å². The number of hydrogen-bond donors (Lipinski definition) is 1. The topological polar surface area (TPSA) is 37.8 Å². The maximum absolute atomic E-state index is 5.99. The Morgan fingerprint density at radius 3 is 3.00 bits per heavy atom. The quantitative estimate of drug-likeness (QED) is 0.828. The lowest BCUT2D eigenvalue weighted by atomic mass is 10.2. The van der Waals surface area contributed by atoms with Crippen molar-refractivity contribution in [3.63, 3.8) is 0 Å². The molecular weight excluding hydrogens is 278 g/mol. The summed E-state index contributed by atoms with van der Waals surface area (Å²) in [5.74, 6) is 0. The van der Waals surface area contributed by atoms with Gasteiger partial charge in [-0.3, -0.25) is 0 Å². The van der Waals surface area contributed by atoms with Crippen LogP contribution in [0.1, 0.15) is 24.3 Å². The minimum atomic E-state index is 0.739. The van der Waals surface area contributed by atoms with E-state index in [1.54, 1.807) is 11.3 Å². The second-order valence-electron chi connectivity index (χ2n) is 4.84. The molecular formula is C14H16ClN3S. The minimum Gasteiger partial charge on any atom is -0.314 e. The number of aromatic nitrogens is 2. The lowest BCUT2D eigenvalue weighted by Crippen LogP contribution is -2.17. The first-order valence-corrected chi connectivity index (χ1v) is 7.82. The van der Waals surface area contributed by atoms with Gasteiger partial charge in [0.05, 0.1) is 0 Å². The Labute approximate surface area is 122 Å². The molecule has 1 heterocycles. The van der Waals surface area contributed by atoms with Crippen molar-refractivity contribution in [2.45, 2.75) is 31.7 Å². The number of nitrogens with zero attached hydrogens (tertiary/aromatic N) is 2. The van der Waals surface area contributed by atoms with Crippen LogP contribution in [0.15, 0.2) is 24.3 Å². The number of rotatable bonds is 6. The SMILES string of the molecule is Clc1cccc(-c2nnc(CCCNC3CC3)s2)c1. The van der Waals surface area contributed by atoms with Gasteiger partial charge < -0.3 is 5.32 Å². The van der Waals surface area contributed by atoms with Crippen molar-refractivity contribution in [3.05, 3.63) is 34.3 Å². The van der Waals surface area contributed by atoms with Gasteiger partial charge in [-0.15, -0.1) is 10.2 Å². The van der Waals surface area contributed by atoms with Gasteiger partial charge >= 0.3 is 0 Å². The predicted molar refractivity (Wildman–Crippen MR) is 79.7 cm³/mol. The van der Waals surface area contributed by atoms with Crippen LogP contribution in [0.5, 0.6) is 0 Å². The van der Waals surface area contributed by atoms with E-state index in [-0.39, 0.29) is 0 Å². The highest BCUT2D eigenvalue weighted by Gasteiger charge is 2.19. The summed E-state index contributed by atoms with van der Waals surface area (Å²) in [5.41, 5.74) is 1.05. The number of nitrogens with one attached hydrogen (secondary N) is 1. The monoisotopic (exact) mass is 293 g/mol. The summed E-state index contributed by atoms with van der Waals surface area (Å²) in [6.07, 6.45) is 4.81. The molecule has 0 aliphatic heterocycles. The Balaban J connectivity index is 1.56. The molecule has 0 radical (unpaired) electrons. The molecule has 3 rings (SSSR count). The van der Waals surface area contributed by atoms with Gasteiger partial charge in [0, 0.05) is 23.0 Å². The molecule has 19 heavy (non-hydrogen) atoms. The molecule has 3 nitrogen and oxygen atoms in total. The molecule has 1 aromatic carbocycles. The van der Waals surface area contributed by atoms with Crippen LogP contribution in [0.4, 0.5) is 0 Å². The van der Waals surface area contributed by atoms with E-state index < -0.39 is 0 Å². The van der Waals surface area contributed by atoms with Gasteiger partial charge in [0.1, 0.15) is 10.0 Å². The highest BCUT2D eigenvalue weighted by Crippen LogP contribution is 2.26. The van der Waals surface area contributed by atoms with Crippen LogP contribution in [0.2, 0.25) is 5.02 Å². The van der Waals surface area contributed by atoms with Crippen LogP contribution in [-0.2, 0) is 6.42 Å². The van der Waals surface area contributed by atoms with E-state index in [2.05, 4.69) is 15.5 Å². The van der Waals surface area contributed by atoms with Crippen LogP contribution in [0.25, 0.3) is 10.6 Å². The van der Waals surface area contributed by atoms with Crippen molar-refractivity contribution >= 4 is 22.9 Å². The zero-order chi connectivity index (χ0) is 13.1. The van der Waals surface area contributed by atoms with Crippen LogP contribution < -0.4 is 5.32 Å². The fourth-order valence-electron chi connectivity index (χ4n) is 1.93. The molecule has 0 atom stereocenters. The van der Waals surface area contributed by atoms with Crippen LogP contribution in [-0.4, -0.2) is 22.8 Å². The van der Waals surface area contributed by atoms with Crippen molar-refractivity contribution < 1.29 is 0 Å². The molecule has 1 aliphatic rings. The minimum absolute atomic E-state index is 0.739. The molecule has 5 heteroatoms. The first-order valence-electron chi connectivity index (χ1n) is 6.63. The van der Waals surface area contributed by atoms with Gasteiger partial charge in [0.2, 0.25) is 0 Å². The molecule has 1 aliphatic carbocycles. The fraction of sp³-hybridized carbons (Fsp3) is 0.429. The smallest absolute Gasteiger partial charge is 0.147 e. The van der Waals surface area contributed by atoms with Crippen molar-refractivity contribution in [2.75, 3.05) is 6.54 Å². The molecule has 0 bridgehead atoms. The Bertz CT molecular complexity index is 551. The normalized spacial score (nSPS) is 14.8. The van der Waals surface area contributed by atoms with Crippen LogP contribution in [0, 0.1) is 0 Å². The largest absolute Gasteiger partial charge is 0.314 e. The summed E-state index contributed by atoms with van der Waals surface area (Å²) in [5, 5.41) is 14.8. The molecule has 2 aromatic rings. The van der Waals surface area contributed by atoms with Gasteiger partial charge in [0.25, 0.3) is 0 Å². The zero-order valence-electron chi connectivity index (χ0n) is 10.6. The summed E-state index contributed by atoms with van der Waals surface area (Å²) >= 11 is 7.65. The van der Waals surface area contributed by atoms with E-state index in [1.165, 1.54) is 12.8 Å². The molecule has 100 valence electrons. The first-order chi connectivity index (χ1) is 9.31. The van der Waals surface area contributed by atoms with E-state index >= 15 is 0 Å². The van der Waals surface area contributed by atoms with Gasteiger partial charge in [-0.1, -0.05) is 35.1 Å². The van der Waals surface area contributed by atoms with Gasteiger partial charge in [-0.05, 0) is 37.9 Å². The predicted octanol–water partition coefficient (Wildman–Crippen LogP) is 3.54. The van der Waals surface area contributed by atoms with Crippen molar-refractivity contribution in [1.82, 2.24) is 15.5 Å². The lowest BCUT2D eigenvalue weighted by Gasteiger charge is -1.99. The molecule has 1 aromatic heterocycles. The molecule has 1 fully saturated rings. The van der Waals surface area contributed by atoms with Crippen molar-refractivity contribution in [3.8, 4) is 10.6 Å². The Morgan fingerprint density at radius 2 is 2.21 bits per heavy atom. The van der Waals surface area contributed by atoms with Crippen molar-refractivity contribution in [1.29, 1.82) is 0 Å². The van der Waals surface area contributed by atoms with Gasteiger partial charge in [-0.25, -0.2) is 0 Å². The molecule has 0 unspecified atom stereocenters. The molecule has 1 N–H and O–H groups in total. The average molecular weight is 294 g/mol. The number of hydrogen-bond acceptors (Lipinski definition) is 4. The second-order valence-corrected chi connectivity index (χ2v) is 6.34. The average Bonchev–Trinajstić information content (AvgIpc) is 3.11.